The number of carbonyl (C=O) groups is 1. The highest BCUT2D eigenvalue weighted by Gasteiger charge is 2.37. The molecule has 2 aromatic carbocycles. The molecule has 1 aliphatic heterocycles. The number of hydrogen-bond donors (Lipinski definition) is 2. The van der Waals surface area contributed by atoms with Crippen molar-refractivity contribution in [3.8, 4) is 0 Å². The Morgan fingerprint density at radius 2 is 1.60 bits per heavy atom. The molecular weight excluding hydrogens is 412 g/mol. The molecule has 0 radical (unpaired) electrons. The molecule has 4 rings (SSSR count). The van der Waals surface area contributed by atoms with Crippen LogP contribution in [0.2, 0.25) is 0 Å². The van der Waals surface area contributed by atoms with Gasteiger partial charge in [0, 0.05) is 47.4 Å². The van der Waals surface area contributed by atoms with Crippen molar-refractivity contribution in [1.82, 2.24) is 9.88 Å². The number of nitrogens with zero attached hydrogens (tertiary/aromatic N) is 1. The second kappa shape index (κ2) is 6.96. The standard InChI is InChI=1S/C20H15F6N3O/c21-19(22,23)11-7-12(20(24,25)26)9-13(8-11)27-18(30)29-6-5-17-15(10-29)14-3-1-2-4-16(14)28-17/h1-4,7-9,28H,5-6,10H2,(H,27,30). The molecule has 0 atom stereocenters. The van der Waals surface area contributed by atoms with Gasteiger partial charge < -0.3 is 15.2 Å². The van der Waals surface area contributed by atoms with Crippen LogP contribution in [-0.2, 0) is 25.3 Å². The lowest BCUT2D eigenvalue weighted by Gasteiger charge is -2.27. The van der Waals surface area contributed by atoms with Crippen LogP contribution in [0.15, 0.2) is 42.5 Å². The fourth-order valence-corrected chi connectivity index (χ4v) is 3.57. The molecule has 2 heterocycles. The number of fused-ring (bicyclic) bond motifs is 3. The minimum Gasteiger partial charge on any atom is -0.358 e. The number of para-hydroxylation sites is 1. The molecule has 4 nitrogen and oxygen atoms in total. The molecule has 2 N–H and O–H groups in total. The second-order valence-electron chi connectivity index (χ2n) is 7.02. The van der Waals surface area contributed by atoms with Crippen LogP contribution in [0.4, 0.5) is 36.8 Å². The van der Waals surface area contributed by atoms with Crippen molar-refractivity contribution in [2.24, 2.45) is 0 Å². The largest absolute Gasteiger partial charge is 0.416 e. The number of aromatic amines is 1. The molecule has 0 saturated carbocycles. The Hall–Kier alpha value is -3.17. The number of urea groups is 1. The summed E-state index contributed by atoms with van der Waals surface area (Å²) in [5.74, 6) is 0. The maximum atomic E-state index is 13.0. The van der Waals surface area contributed by atoms with Crippen molar-refractivity contribution in [3.05, 3.63) is 64.8 Å². The van der Waals surface area contributed by atoms with E-state index < -0.39 is 35.2 Å². The maximum absolute atomic E-state index is 13.0. The number of amides is 2. The van der Waals surface area contributed by atoms with Crippen LogP contribution in [0.1, 0.15) is 22.4 Å². The highest BCUT2D eigenvalue weighted by atomic mass is 19.4. The number of carbonyl (C=O) groups excluding carboxylic acids is 1. The highest BCUT2D eigenvalue weighted by molar-refractivity contribution is 5.91. The predicted molar refractivity (Wildman–Crippen MR) is 97.9 cm³/mol. The van der Waals surface area contributed by atoms with Crippen LogP contribution < -0.4 is 5.32 Å². The number of halogens is 6. The molecule has 158 valence electrons. The molecule has 3 aromatic rings. The first-order valence-corrected chi connectivity index (χ1v) is 8.96. The molecule has 30 heavy (non-hydrogen) atoms. The molecule has 0 bridgehead atoms. The van der Waals surface area contributed by atoms with Crippen LogP contribution in [0.25, 0.3) is 10.9 Å². The number of rotatable bonds is 1. The van der Waals surface area contributed by atoms with E-state index in [1.54, 1.807) is 0 Å². The minimum atomic E-state index is -4.98. The van der Waals surface area contributed by atoms with Crippen molar-refractivity contribution in [3.63, 3.8) is 0 Å². The van der Waals surface area contributed by atoms with Gasteiger partial charge >= 0.3 is 18.4 Å². The normalized spacial score (nSPS) is 14.7. The fraction of sp³-hybridized carbons (Fsp3) is 0.250. The Balaban J connectivity index is 1.60. The lowest BCUT2D eigenvalue weighted by molar-refractivity contribution is -0.143. The van der Waals surface area contributed by atoms with Gasteiger partial charge in [-0.15, -0.1) is 0 Å². The third kappa shape index (κ3) is 3.81. The Kier molecular flexibility index (Phi) is 4.67. The van der Waals surface area contributed by atoms with Gasteiger partial charge in [0.1, 0.15) is 0 Å². The van der Waals surface area contributed by atoms with Gasteiger partial charge in [-0.1, -0.05) is 18.2 Å². The van der Waals surface area contributed by atoms with Gasteiger partial charge in [0.15, 0.2) is 0 Å². The summed E-state index contributed by atoms with van der Waals surface area (Å²) in [6.45, 7) is 0.465. The van der Waals surface area contributed by atoms with Crippen LogP contribution >= 0.6 is 0 Å². The van der Waals surface area contributed by atoms with Crippen LogP contribution in [0.5, 0.6) is 0 Å². The number of aromatic nitrogens is 1. The van der Waals surface area contributed by atoms with E-state index in [4.69, 9.17) is 0 Å². The summed E-state index contributed by atoms with van der Waals surface area (Å²) in [5, 5.41) is 3.10. The van der Waals surface area contributed by atoms with Crippen molar-refractivity contribution < 1.29 is 31.1 Å². The number of anilines is 1. The van der Waals surface area contributed by atoms with Crippen molar-refractivity contribution in [1.29, 1.82) is 0 Å². The minimum absolute atomic E-state index is 0.0226. The molecule has 1 aromatic heterocycles. The van der Waals surface area contributed by atoms with E-state index in [-0.39, 0.29) is 19.2 Å². The van der Waals surface area contributed by atoms with E-state index in [0.717, 1.165) is 22.2 Å². The average molecular weight is 427 g/mol. The Morgan fingerprint density at radius 1 is 0.967 bits per heavy atom. The van der Waals surface area contributed by atoms with Crippen molar-refractivity contribution in [2.75, 3.05) is 11.9 Å². The summed E-state index contributed by atoms with van der Waals surface area (Å²) in [5.41, 5.74) is -0.787. The van der Waals surface area contributed by atoms with E-state index in [2.05, 4.69) is 10.3 Å². The van der Waals surface area contributed by atoms with E-state index in [9.17, 15) is 31.1 Å². The average Bonchev–Trinajstić information content (AvgIpc) is 3.04. The zero-order valence-corrected chi connectivity index (χ0v) is 15.3. The monoisotopic (exact) mass is 427 g/mol. The third-order valence-corrected chi connectivity index (χ3v) is 5.01. The molecule has 0 fully saturated rings. The van der Waals surface area contributed by atoms with Crippen LogP contribution in [-0.4, -0.2) is 22.5 Å². The first-order valence-electron chi connectivity index (χ1n) is 8.96. The lowest BCUT2D eigenvalue weighted by atomic mass is 10.0. The molecule has 0 saturated heterocycles. The summed E-state index contributed by atoms with van der Waals surface area (Å²) < 4.78 is 78.1. The predicted octanol–water partition coefficient (Wildman–Crippen LogP) is 5.80. The SMILES string of the molecule is O=C(Nc1cc(C(F)(F)F)cc(C(F)(F)F)c1)N1CCc2[nH]c3ccccc3c2C1. The van der Waals surface area contributed by atoms with Gasteiger partial charge in [-0.2, -0.15) is 26.3 Å². The van der Waals surface area contributed by atoms with Crippen molar-refractivity contribution in [2.45, 2.75) is 25.3 Å². The van der Waals surface area contributed by atoms with Gasteiger partial charge in [0.25, 0.3) is 0 Å². The molecule has 0 aliphatic carbocycles. The zero-order valence-electron chi connectivity index (χ0n) is 15.3. The van der Waals surface area contributed by atoms with E-state index >= 15 is 0 Å². The molecular formula is C20H15F6N3O. The quantitative estimate of drug-likeness (QED) is 0.474. The Bertz CT molecular complexity index is 1080. The smallest absolute Gasteiger partial charge is 0.358 e. The van der Waals surface area contributed by atoms with Crippen LogP contribution in [0.3, 0.4) is 0 Å². The summed E-state index contributed by atoms with van der Waals surface area (Å²) in [6.07, 6.45) is -9.47. The van der Waals surface area contributed by atoms with Gasteiger partial charge in [-0.25, -0.2) is 4.79 Å². The Morgan fingerprint density at radius 3 is 2.23 bits per heavy atom. The van der Waals surface area contributed by atoms with Gasteiger partial charge in [0.05, 0.1) is 11.1 Å². The first kappa shape index (κ1) is 20.1. The first-order chi connectivity index (χ1) is 14.0. The number of alkyl halides is 6. The van der Waals surface area contributed by atoms with E-state index in [1.165, 1.54) is 4.90 Å². The molecule has 2 amide bonds. The summed E-state index contributed by atoms with van der Waals surface area (Å²) in [4.78, 5) is 17.2. The van der Waals surface area contributed by atoms with E-state index in [0.29, 0.717) is 18.6 Å². The number of nitrogens with one attached hydrogen (secondary N) is 2. The number of benzene rings is 2. The topological polar surface area (TPSA) is 48.1 Å². The molecule has 0 spiro atoms. The summed E-state index contributed by atoms with van der Waals surface area (Å²) in [6, 6.07) is 7.72. The molecule has 1 aliphatic rings. The third-order valence-electron chi connectivity index (χ3n) is 5.01. The molecule has 0 unspecified atom stereocenters. The number of H-pyrrole nitrogens is 1. The molecule has 10 heteroatoms. The van der Waals surface area contributed by atoms with Gasteiger partial charge in [-0.3, -0.25) is 0 Å². The van der Waals surface area contributed by atoms with Crippen LogP contribution in [0, 0.1) is 0 Å². The second-order valence-corrected chi connectivity index (χ2v) is 7.02. The Labute approximate surface area is 166 Å². The van der Waals surface area contributed by atoms with Crippen molar-refractivity contribution >= 4 is 22.6 Å². The van der Waals surface area contributed by atoms with Gasteiger partial charge in [-0.05, 0) is 24.3 Å². The number of hydrogen-bond acceptors (Lipinski definition) is 1. The highest BCUT2D eigenvalue weighted by Crippen LogP contribution is 2.37. The van der Waals surface area contributed by atoms with Gasteiger partial charge in [0.2, 0.25) is 0 Å². The lowest BCUT2D eigenvalue weighted by Crippen LogP contribution is -2.38. The summed E-state index contributed by atoms with van der Waals surface area (Å²) >= 11 is 0. The maximum Gasteiger partial charge on any atom is 0.416 e. The fourth-order valence-electron chi connectivity index (χ4n) is 3.57. The summed E-state index contributed by atoms with van der Waals surface area (Å²) in [7, 11) is 0. The zero-order chi connectivity index (χ0) is 21.7. The van der Waals surface area contributed by atoms with E-state index in [1.807, 2.05) is 24.3 Å².